The zero-order valence-corrected chi connectivity index (χ0v) is 9.22. The van der Waals surface area contributed by atoms with Gasteiger partial charge in [-0.3, -0.25) is 0 Å². The first kappa shape index (κ1) is 10.3. The summed E-state index contributed by atoms with van der Waals surface area (Å²) >= 11 is 5.79. The quantitative estimate of drug-likeness (QED) is 0.844. The third-order valence-corrected chi connectivity index (χ3v) is 3.17. The van der Waals surface area contributed by atoms with E-state index in [9.17, 15) is 0 Å². The van der Waals surface area contributed by atoms with Gasteiger partial charge in [0.1, 0.15) is 0 Å². The van der Waals surface area contributed by atoms with Crippen LogP contribution in [0.3, 0.4) is 0 Å². The smallest absolute Gasteiger partial charge is 0.0628 e. The van der Waals surface area contributed by atoms with Gasteiger partial charge in [0.2, 0.25) is 0 Å². The zero-order chi connectivity index (χ0) is 10.7. The number of hydrogen-bond acceptors (Lipinski definition) is 2. The standard InChI is InChI=1S/C12H13ClN2/c13-10-1-3-11(4-2-10)15-9-12(5-6-12)7-8-14/h1-4,15H,5-7,9H2. The van der Waals surface area contributed by atoms with Crippen LogP contribution in [0.5, 0.6) is 0 Å². The van der Waals surface area contributed by atoms with Crippen LogP contribution in [-0.4, -0.2) is 6.54 Å². The van der Waals surface area contributed by atoms with Crippen molar-refractivity contribution in [3.8, 4) is 6.07 Å². The van der Waals surface area contributed by atoms with Gasteiger partial charge in [-0.25, -0.2) is 0 Å². The van der Waals surface area contributed by atoms with E-state index in [-0.39, 0.29) is 5.41 Å². The largest absolute Gasteiger partial charge is 0.384 e. The molecule has 1 N–H and O–H groups in total. The van der Waals surface area contributed by atoms with Gasteiger partial charge in [-0.15, -0.1) is 0 Å². The molecule has 1 saturated carbocycles. The normalized spacial score (nSPS) is 16.8. The Morgan fingerprint density at radius 2 is 2.00 bits per heavy atom. The molecule has 1 aromatic rings. The lowest BCUT2D eigenvalue weighted by Crippen LogP contribution is -2.14. The average Bonchev–Trinajstić information content (AvgIpc) is 2.99. The van der Waals surface area contributed by atoms with Gasteiger partial charge in [0, 0.05) is 29.1 Å². The molecule has 0 bridgehead atoms. The van der Waals surface area contributed by atoms with Crippen LogP contribution < -0.4 is 5.32 Å². The number of hydrogen-bond donors (Lipinski definition) is 1. The highest BCUT2D eigenvalue weighted by atomic mass is 35.5. The molecule has 78 valence electrons. The van der Waals surface area contributed by atoms with E-state index in [2.05, 4.69) is 11.4 Å². The fraction of sp³-hybridized carbons (Fsp3) is 0.417. The van der Waals surface area contributed by atoms with E-state index in [4.69, 9.17) is 16.9 Å². The van der Waals surface area contributed by atoms with Crippen LogP contribution in [0.25, 0.3) is 0 Å². The van der Waals surface area contributed by atoms with Crippen LogP contribution in [0, 0.1) is 16.7 Å². The topological polar surface area (TPSA) is 35.8 Å². The molecule has 15 heavy (non-hydrogen) atoms. The number of anilines is 1. The van der Waals surface area contributed by atoms with Gasteiger partial charge in [0.25, 0.3) is 0 Å². The maximum absolute atomic E-state index is 8.68. The molecule has 1 fully saturated rings. The summed E-state index contributed by atoms with van der Waals surface area (Å²) in [7, 11) is 0. The van der Waals surface area contributed by atoms with Gasteiger partial charge in [0.05, 0.1) is 6.07 Å². The first-order valence-electron chi connectivity index (χ1n) is 5.11. The van der Waals surface area contributed by atoms with E-state index >= 15 is 0 Å². The Labute approximate surface area is 94.9 Å². The Kier molecular flexibility index (Phi) is 2.83. The lowest BCUT2D eigenvalue weighted by atomic mass is 10.0. The number of rotatable bonds is 4. The van der Waals surface area contributed by atoms with E-state index in [0.29, 0.717) is 6.42 Å². The third-order valence-electron chi connectivity index (χ3n) is 2.92. The molecule has 0 aliphatic heterocycles. The van der Waals surface area contributed by atoms with Crippen LogP contribution in [-0.2, 0) is 0 Å². The monoisotopic (exact) mass is 220 g/mol. The van der Waals surface area contributed by atoms with E-state index < -0.39 is 0 Å². The van der Waals surface area contributed by atoms with Crippen LogP contribution >= 0.6 is 11.6 Å². The third kappa shape index (κ3) is 2.64. The molecule has 2 rings (SSSR count). The number of nitriles is 1. The summed E-state index contributed by atoms with van der Waals surface area (Å²) in [5.74, 6) is 0. The molecular weight excluding hydrogens is 208 g/mol. The Morgan fingerprint density at radius 1 is 1.33 bits per heavy atom. The Morgan fingerprint density at radius 3 is 2.53 bits per heavy atom. The maximum atomic E-state index is 8.68. The predicted molar refractivity (Wildman–Crippen MR) is 61.8 cm³/mol. The molecule has 0 unspecified atom stereocenters. The van der Waals surface area contributed by atoms with Crippen LogP contribution in [0.15, 0.2) is 24.3 Å². The van der Waals surface area contributed by atoms with Crippen molar-refractivity contribution < 1.29 is 0 Å². The van der Waals surface area contributed by atoms with Crippen molar-refractivity contribution in [2.75, 3.05) is 11.9 Å². The second kappa shape index (κ2) is 4.12. The molecule has 0 spiro atoms. The zero-order valence-electron chi connectivity index (χ0n) is 8.46. The summed E-state index contributed by atoms with van der Waals surface area (Å²) in [6.07, 6.45) is 3.00. The second-order valence-corrected chi connectivity index (χ2v) is 4.63. The van der Waals surface area contributed by atoms with Crippen LogP contribution in [0.2, 0.25) is 5.02 Å². The molecule has 0 atom stereocenters. The van der Waals surface area contributed by atoms with Gasteiger partial charge in [-0.2, -0.15) is 5.26 Å². The number of benzene rings is 1. The first-order chi connectivity index (χ1) is 7.24. The summed E-state index contributed by atoms with van der Waals surface area (Å²) in [6, 6.07) is 9.92. The van der Waals surface area contributed by atoms with Crippen LogP contribution in [0.4, 0.5) is 5.69 Å². The van der Waals surface area contributed by atoms with Crippen molar-refractivity contribution in [1.82, 2.24) is 0 Å². The van der Waals surface area contributed by atoms with E-state index in [1.807, 2.05) is 24.3 Å². The predicted octanol–water partition coefficient (Wildman–Crippen LogP) is 3.45. The molecule has 1 aliphatic carbocycles. The van der Waals surface area contributed by atoms with Gasteiger partial charge >= 0.3 is 0 Å². The van der Waals surface area contributed by atoms with Gasteiger partial charge in [-0.05, 0) is 37.1 Å². The highest BCUT2D eigenvalue weighted by Gasteiger charge is 2.41. The molecule has 0 saturated heterocycles. The van der Waals surface area contributed by atoms with Gasteiger partial charge in [0.15, 0.2) is 0 Å². The summed E-state index contributed by atoms with van der Waals surface area (Å²) in [6.45, 7) is 0.891. The number of nitrogens with zero attached hydrogens (tertiary/aromatic N) is 1. The molecule has 1 aromatic carbocycles. The molecule has 2 nitrogen and oxygen atoms in total. The minimum atomic E-state index is 0.244. The highest BCUT2D eigenvalue weighted by molar-refractivity contribution is 6.30. The molecule has 0 aromatic heterocycles. The molecule has 1 aliphatic rings. The second-order valence-electron chi connectivity index (χ2n) is 4.20. The van der Waals surface area contributed by atoms with Gasteiger partial charge in [-0.1, -0.05) is 11.6 Å². The minimum Gasteiger partial charge on any atom is -0.384 e. The maximum Gasteiger partial charge on any atom is 0.0628 e. The Bertz CT molecular complexity index is 374. The van der Waals surface area contributed by atoms with Crippen LogP contribution in [0.1, 0.15) is 19.3 Å². The summed E-state index contributed by atoms with van der Waals surface area (Å²) in [5.41, 5.74) is 1.32. The molecular formula is C12H13ClN2. The SMILES string of the molecule is N#CCC1(CNc2ccc(Cl)cc2)CC1. The molecule has 0 radical (unpaired) electrons. The van der Waals surface area contributed by atoms with E-state index in [0.717, 1.165) is 17.3 Å². The van der Waals surface area contributed by atoms with Crippen molar-refractivity contribution in [3.63, 3.8) is 0 Å². The molecule has 3 heteroatoms. The Balaban J connectivity index is 1.88. The average molecular weight is 221 g/mol. The summed E-state index contributed by atoms with van der Waals surface area (Å²) in [5, 5.41) is 12.8. The number of nitrogens with one attached hydrogen (secondary N) is 1. The lowest BCUT2D eigenvalue weighted by Gasteiger charge is -2.13. The van der Waals surface area contributed by atoms with Crippen molar-refractivity contribution in [1.29, 1.82) is 5.26 Å². The summed E-state index contributed by atoms with van der Waals surface area (Å²) in [4.78, 5) is 0. The fourth-order valence-corrected chi connectivity index (χ4v) is 1.74. The van der Waals surface area contributed by atoms with Crippen molar-refractivity contribution in [2.45, 2.75) is 19.3 Å². The van der Waals surface area contributed by atoms with E-state index in [1.54, 1.807) is 0 Å². The fourth-order valence-electron chi connectivity index (χ4n) is 1.62. The summed E-state index contributed by atoms with van der Waals surface area (Å²) < 4.78 is 0. The highest BCUT2D eigenvalue weighted by Crippen LogP contribution is 2.48. The molecule has 0 heterocycles. The lowest BCUT2D eigenvalue weighted by molar-refractivity contribution is 0.557. The van der Waals surface area contributed by atoms with E-state index in [1.165, 1.54) is 12.8 Å². The van der Waals surface area contributed by atoms with Gasteiger partial charge < -0.3 is 5.32 Å². The van der Waals surface area contributed by atoms with Crippen molar-refractivity contribution in [3.05, 3.63) is 29.3 Å². The minimum absolute atomic E-state index is 0.244. The number of halogens is 1. The Hall–Kier alpha value is -1.20. The van der Waals surface area contributed by atoms with Crippen molar-refractivity contribution in [2.24, 2.45) is 5.41 Å². The first-order valence-corrected chi connectivity index (χ1v) is 5.48. The molecule has 0 amide bonds. The van der Waals surface area contributed by atoms with Crippen molar-refractivity contribution >= 4 is 17.3 Å².